The third-order valence-corrected chi connectivity index (χ3v) is 4.72. The van der Waals surface area contributed by atoms with Crippen LogP contribution in [0.25, 0.3) is 0 Å². The number of carbonyl (C=O) groups excluding carboxylic acids is 2. The van der Waals surface area contributed by atoms with E-state index >= 15 is 0 Å². The van der Waals surface area contributed by atoms with Gasteiger partial charge in [-0.1, -0.05) is 12.1 Å². The van der Waals surface area contributed by atoms with Gasteiger partial charge >= 0.3 is 0 Å². The number of ether oxygens (including phenoxy) is 2. The number of anilines is 2. The van der Waals surface area contributed by atoms with Crippen molar-refractivity contribution in [1.29, 1.82) is 0 Å². The molecule has 0 unspecified atom stereocenters. The summed E-state index contributed by atoms with van der Waals surface area (Å²) in [4.78, 5) is 24.3. The van der Waals surface area contributed by atoms with Gasteiger partial charge in [0.05, 0.1) is 30.9 Å². The summed E-state index contributed by atoms with van der Waals surface area (Å²) < 4.78 is 10.3. The minimum absolute atomic E-state index is 0.169. The van der Waals surface area contributed by atoms with E-state index < -0.39 is 0 Å². The van der Waals surface area contributed by atoms with Crippen molar-refractivity contribution in [2.75, 3.05) is 30.6 Å². The van der Waals surface area contributed by atoms with Crippen molar-refractivity contribution < 1.29 is 19.1 Å². The molecule has 2 amide bonds. The first-order valence-electron chi connectivity index (χ1n) is 8.03. The summed E-state index contributed by atoms with van der Waals surface area (Å²) in [6.45, 7) is 1.76. The van der Waals surface area contributed by atoms with Crippen LogP contribution in [-0.2, 0) is 9.59 Å². The van der Waals surface area contributed by atoms with Gasteiger partial charge in [-0.2, -0.15) is 0 Å². The molecule has 2 aromatic rings. The number of methoxy groups -OCH3 is 2. The minimum atomic E-state index is -0.387. The van der Waals surface area contributed by atoms with E-state index in [0.717, 1.165) is 5.75 Å². The smallest absolute Gasteiger partial charge is 0.237 e. The molecule has 0 spiro atoms. The lowest BCUT2D eigenvalue weighted by Gasteiger charge is -2.14. The number of thioether (sulfide) groups is 1. The highest BCUT2D eigenvalue weighted by atomic mass is 32.2. The maximum Gasteiger partial charge on any atom is 0.237 e. The summed E-state index contributed by atoms with van der Waals surface area (Å²) in [6, 6.07) is 14.3. The number of hydrogen-bond acceptors (Lipinski definition) is 5. The molecule has 0 heterocycles. The molecule has 0 aromatic heterocycles. The molecule has 0 aliphatic heterocycles. The van der Waals surface area contributed by atoms with Crippen molar-refractivity contribution in [2.24, 2.45) is 0 Å². The highest BCUT2D eigenvalue weighted by molar-refractivity contribution is 8.01. The molecule has 0 bridgehead atoms. The third kappa shape index (κ3) is 5.70. The normalized spacial score (nSPS) is 11.3. The first-order chi connectivity index (χ1) is 12.5. The largest absolute Gasteiger partial charge is 0.497 e. The van der Waals surface area contributed by atoms with E-state index in [9.17, 15) is 9.59 Å². The lowest BCUT2D eigenvalue weighted by Crippen LogP contribution is -2.25. The Kier molecular flexibility index (Phi) is 7.35. The first kappa shape index (κ1) is 19.7. The highest BCUT2D eigenvalue weighted by Gasteiger charge is 2.17. The van der Waals surface area contributed by atoms with Gasteiger partial charge < -0.3 is 20.1 Å². The summed E-state index contributed by atoms with van der Waals surface area (Å²) in [6.07, 6.45) is 0. The molecule has 2 aromatic carbocycles. The standard InChI is InChI=1S/C19H22N2O4S/c1-13(19(23)21-16-6-4-5-7-17(16)25-3)26-12-18(22)20-14-8-10-15(24-2)11-9-14/h4-11,13H,12H2,1-3H3,(H,20,22)(H,21,23)/t13-/m0/s1. The Bertz CT molecular complexity index is 749. The topological polar surface area (TPSA) is 76.7 Å². The molecule has 2 N–H and O–H groups in total. The van der Waals surface area contributed by atoms with E-state index in [1.807, 2.05) is 12.1 Å². The molecule has 0 aliphatic carbocycles. The Balaban J connectivity index is 1.81. The van der Waals surface area contributed by atoms with Crippen LogP contribution in [0.3, 0.4) is 0 Å². The fourth-order valence-electron chi connectivity index (χ4n) is 2.13. The Hall–Kier alpha value is -2.67. The van der Waals surface area contributed by atoms with Crippen LogP contribution >= 0.6 is 11.8 Å². The summed E-state index contributed by atoms with van der Waals surface area (Å²) >= 11 is 1.26. The van der Waals surface area contributed by atoms with E-state index in [2.05, 4.69) is 10.6 Å². The summed E-state index contributed by atoms with van der Waals surface area (Å²) in [5.41, 5.74) is 1.29. The van der Waals surface area contributed by atoms with Gasteiger partial charge in [-0.25, -0.2) is 0 Å². The van der Waals surface area contributed by atoms with Crippen LogP contribution in [0, 0.1) is 0 Å². The summed E-state index contributed by atoms with van der Waals surface area (Å²) in [5, 5.41) is 5.22. The Morgan fingerprint density at radius 2 is 1.69 bits per heavy atom. The molecule has 138 valence electrons. The number of benzene rings is 2. The molecule has 26 heavy (non-hydrogen) atoms. The quantitative estimate of drug-likeness (QED) is 0.741. The molecular weight excluding hydrogens is 352 g/mol. The third-order valence-electron chi connectivity index (χ3n) is 3.57. The van der Waals surface area contributed by atoms with Crippen LogP contribution < -0.4 is 20.1 Å². The maximum absolute atomic E-state index is 12.3. The Labute approximate surface area is 157 Å². The van der Waals surface area contributed by atoms with Crippen molar-refractivity contribution in [3.8, 4) is 11.5 Å². The van der Waals surface area contributed by atoms with Crippen molar-refractivity contribution in [2.45, 2.75) is 12.2 Å². The molecule has 6 nitrogen and oxygen atoms in total. The number of rotatable bonds is 8. The maximum atomic E-state index is 12.3. The van der Waals surface area contributed by atoms with E-state index in [0.29, 0.717) is 17.1 Å². The summed E-state index contributed by atoms with van der Waals surface area (Å²) in [5.74, 6) is 1.13. The minimum Gasteiger partial charge on any atom is -0.497 e. The van der Waals surface area contributed by atoms with Crippen LogP contribution in [-0.4, -0.2) is 37.0 Å². The predicted molar refractivity (Wildman–Crippen MR) is 105 cm³/mol. The number of nitrogens with one attached hydrogen (secondary N) is 2. The second kappa shape index (κ2) is 9.72. The van der Waals surface area contributed by atoms with Crippen molar-refractivity contribution in [1.82, 2.24) is 0 Å². The van der Waals surface area contributed by atoms with Crippen molar-refractivity contribution >= 4 is 35.0 Å². The second-order valence-electron chi connectivity index (χ2n) is 5.42. The zero-order valence-electron chi connectivity index (χ0n) is 14.9. The lowest BCUT2D eigenvalue weighted by molar-refractivity contribution is -0.115. The zero-order valence-corrected chi connectivity index (χ0v) is 15.8. The fourth-order valence-corrected chi connectivity index (χ4v) is 2.81. The van der Waals surface area contributed by atoms with Gasteiger partial charge in [0.15, 0.2) is 0 Å². The van der Waals surface area contributed by atoms with E-state index in [-0.39, 0.29) is 22.8 Å². The number of hydrogen-bond donors (Lipinski definition) is 2. The van der Waals surface area contributed by atoms with Gasteiger partial charge in [0.2, 0.25) is 11.8 Å². The number of amides is 2. The van der Waals surface area contributed by atoms with Crippen molar-refractivity contribution in [3.05, 3.63) is 48.5 Å². The Morgan fingerprint density at radius 3 is 2.35 bits per heavy atom. The van der Waals surface area contributed by atoms with E-state index in [1.165, 1.54) is 11.8 Å². The number of carbonyl (C=O) groups is 2. The van der Waals surface area contributed by atoms with Gasteiger partial charge in [0, 0.05) is 5.69 Å². The average molecular weight is 374 g/mol. The monoisotopic (exact) mass is 374 g/mol. The van der Waals surface area contributed by atoms with Crippen LogP contribution in [0.4, 0.5) is 11.4 Å². The molecule has 1 atom stereocenters. The number of para-hydroxylation sites is 2. The molecule has 2 rings (SSSR count). The van der Waals surface area contributed by atoms with Gasteiger partial charge in [-0.3, -0.25) is 9.59 Å². The van der Waals surface area contributed by atoms with Crippen LogP contribution in [0.2, 0.25) is 0 Å². The lowest BCUT2D eigenvalue weighted by atomic mass is 10.3. The molecule has 0 fully saturated rings. The molecular formula is C19H22N2O4S. The highest BCUT2D eigenvalue weighted by Crippen LogP contribution is 2.24. The van der Waals surface area contributed by atoms with Gasteiger partial charge in [0.25, 0.3) is 0 Å². The average Bonchev–Trinajstić information content (AvgIpc) is 2.67. The van der Waals surface area contributed by atoms with E-state index in [4.69, 9.17) is 9.47 Å². The SMILES string of the molecule is COc1ccc(NC(=O)CS[C@@H](C)C(=O)Nc2ccccc2OC)cc1. The van der Waals surface area contributed by atoms with Gasteiger partial charge in [0.1, 0.15) is 11.5 Å². The van der Waals surface area contributed by atoms with Crippen LogP contribution in [0.15, 0.2) is 48.5 Å². The molecule has 0 saturated carbocycles. The first-order valence-corrected chi connectivity index (χ1v) is 9.07. The molecule has 0 saturated heterocycles. The Morgan fingerprint density at radius 1 is 1.00 bits per heavy atom. The predicted octanol–water partition coefficient (Wildman–Crippen LogP) is 3.40. The fraction of sp³-hybridized carbons (Fsp3) is 0.263. The zero-order chi connectivity index (χ0) is 18.9. The summed E-state index contributed by atoms with van der Waals surface area (Å²) in [7, 11) is 3.13. The van der Waals surface area contributed by atoms with Gasteiger partial charge in [-0.15, -0.1) is 11.8 Å². The molecule has 0 aliphatic rings. The van der Waals surface area contributed by atoms with E-state index in [1.54, 1.807) is 57.5 Å². The second-order valence-corrected chi connectivity index (χ2v) is 6.75. The van der Waals surface area contributed by atoms with Crippen LogP contribution in [0.1, 0.15) is 6.92 Å². The van der Waals surface area contributed by atoms with Crippen molar-refractivity contribution in [3.63, 3.8) is 0 Å². The van der Waals surface area contributed by atoms with Gasteiger partial charge in [-0.05, 0) is 43.3 Å². The van der Waals surface area contributed by atoms with Crippen LogP contribution in [0.5, 0.6) is 11.5 Å². The molecule has 0 radical (unpaired) electrons. The molecule has 7 heteroatoms.